The first-order chi connectivity index (χ1) is 8.66. The summed E-state index contributed by atoms with van der Waals surface area (Å²) in [4.78, 5) is 0. The molecule has 4 heteroatoms. The molecule has 0 amide bonds. The minimum atomic E-state index is -0.637. The number of nitrogens with one attached hydrogen (secondary N) is 1. The molecule has 2 N–H and O–H groups in total. The summed E-state index contributed by atoms with van der Waals surface area (Å²) in [5, 5.41) is 12.9. The Morgan fingerprint density at radius 1 is 1.28 bits per heavy atom. The van der Waals surface area contributed by atoms with Crippen molar-refractivity contribution in [1.82, 2.24) is 0 Å². The molecule has 2 aromatic carbocycles. The van der Waals surface area contributed by atoms with E-state index < -0.39 is 5.82 Å². The van der Waals surface area contributed by atoms with Gasteiger partial charge in [0.05, 0.1) is 11.3 Å². The van der Waals surface area contributed by atoms with Gasteiger partial charge in [0, 0.05) is 5.69 Å². The number of ether oxygens (including phenoxy) is 1. The number of hydrogen-bond donors (Lipinski definition) is 2. The monoisotopic (exact) mass is 245 g/mol. The number of phenolic OH excluding ortho intramolecular Hbond substituents is 1. The van der Waals surface area contributed by atoms with E-state index >= 15 is 0 Å². The maximum atomic E-state index is 13.3. The molecule has 0 saturated heterocycles. The molecule has 1 aliphatic heterocycles. The van der Waals surface area contributed by atoms with E-state index in [2.05, 4.69) is 5.32 Å². The van der Waals surface area contributed by atoms with E-state index in [1.807, 2.05) is 25.1 Å². The topological polar surface area (TPSA) is 41.5 Å². The Hall–Kier alpha value is -2.23. The van der Waals surface area contributed by atoms with Crippen LogP contribution in [0, 0.1) is 12.7 Å². The normalized spacial score (nSPS) is 12.8. The van der Waals surface area contributed by atoms with Crippen molar-refractivity contribution < 1.29 is 14.2 Å². The highest BCUT2D eigenvalue weighted by atomic mass is 19.1. The second-order valence-electron chi connectivity index (χ2n) is 4.28. The summed E-state index contributed by atoms with van der Waals surface area (Å²) in [7, 11) is 0. The van der Waals surface area contributed by atoms with Crippen LogP contribution in [0.2, 0.25) is 0 Å². The van der Waals surface area contributed by atoms with Gasteiger partial charge in [0.15, 0.2) is 11.6 Å². The number of para-hydroxylation sites is 1. The first-order valence-electron chi connectivity index (χ1n) is 5.66. The van der Waals surface area contributed by atoms with Crippen LogP contribution < -0.4 is 10.1 Å². The second-order valence-corrected chi connectivity index (χ2v) is 4.28. The van der Waals surface area contributed by atoms with Crippen LogP contribution in [-0.2, 0) is 6.61 Å². The van der Waals surface area contributed by atoms with Gasteiger partial charge in [-0.2, -0.15) is 0 Å². The molecule has 0 unspecified atom stereocenters. The van der Waals surface area contributed by atoms with Crippen molar-refractivity contribution in [3.8, 4) is 11.5 Å². The number of hydrogen-bond acceptors (Lipinski definition) is 3. The molecule has 0 radical (unpaired) electrons. The lowest BCUT2D eigenvalue weighted by molar-refractivity contribution is 0.301. The van der Waals surface area contributed by atoms with Gasteiger partial charge >= 0.3 is 0 Å². The Bertz CT molecular complexity index is 625. The molecule has 18 heavy (non-hydrogen) atoms. The average molecular weight is 245 g/mol. The molecule has 0 atom stereocenters. The molecule has 2 aromatic rings. The van der Waals surface area contributed by atoms with Crippen LogP contribution in [0.3, 0.4) is 0 Å². The number of aromatic hydroxyl groups is 1. The van der Waals surface area contributed by atoms with Gasteiger partial charge in [-0.3, -0.25) is 0 Å². The summed E-state index contributed by atoms with van der Waals surface area (Å²) in [5.74, 6) is -0.293. The van der Waals surface area contributed by atoms with Crippen molar-refractivity contribution in [1.29, 1.82) is 0 Å². The van der Waals surface area contributed by atoms with Gasteiger partial charge in [-0.1, -0.05) is 12.1 Å². The first kappa shape index (κ1) is 10.9. The fourth-order valence-corrected chi connectivity index (χ4v) is 2.08. The number of rotatable bonds is 0. The summed E-state index contributed by atoms with van der Waals surface area (Å²) in [6, 6.07) is 8.55. The maximum Gasteiger partial charge on any atom is 0.165 e. The summed E-state index contributed by atoms with van der Waals surface area (Å²) >= 11 is 0. The molecule has 0 aromatic heterocycles. The van der Waals surface area contributed by atoms with Gasteiger partial charge < -0.3 is 15.2 Å². The average Bonchev–Trinajstić information content (AvgIpc) is 2.55. The number of fused-ring (bicyclic) bond motifs is 2. The summed E-state index contributed by atoms with van der Waals surface area (Å²) in [6.45, 7) is 2.10. The molecule has 0 spiro atoms. The number of halogens is 1. The van der Waals surface area contributed by atoms with Gasteiger partial charge in [-0.05, 0) is 30.7 Å². The Labute approximate surface area is 104 Å². The predicted molar refractivity (Wildman–Crippen MR) is 66.9 cm³/mol. The molecule has 3 nitrogen and oxygen atoms in total. The van der Waals surface area contributed by atoms with E-state index in [0.717, 1.165) is 11.3 Å². The van der Waals surface area contributed by atoms with Crippen molar-refractivity contribution in [2.45, 2.75) is 13.5 Å². The van der Waals surface area contributed by atoms with Crippen LogP contribution in [0.25, 0.3) is 0 Å². The highest BCUT2D eigenvalue weighted by Gasteiger charge is 2.19. The predicted octanol–water partition coefficient (Wildman–Crippen LogP) is 3.48. The zero-order valence-corrected chi connectivity index (χ0v) is 9.83. The Kier molecular flexibility index (Phi) is 2.37. The minimum Gasteiger partial charge on any atom is -0.504 e. The van der Waals surface area contributed by atoms with Gasteiger partial charge in [-0.25, -0.2) is 4.39 Å². The summed E-state index contributed by atoms with van der Waals surface area (Å²) < 4.78 is 18.9. The standard InChI is InChI=1S/C14H12FNO2/c1-8-3-2-4-12-13(8)16-11-6-5-10(15)14(17)9(11)7-18-12/h2-6,16-17H,7H2,1H3. The molecule has 92 valence electrons. The Morgan fingerprint density at radius 2 is 2.11 bits per heavy atom. The van der Waals surface area contributed by atoms with Crippen molar-refractivity contribution in [3.63, 3.8) is 0 Å². The van der Waals surface area contributed by atoms with Crippen molar-refractivity contribution in [2.75, 3.05) is 5.32 Å². The van der Waals surface area contributed by atoms with E-state index in [4.69, 9.17) is 4.74 Å². The van der Waals surface area contributed by atoms with E-state index in [-0.39, 0.29) is 12.4 Å². The fourth-order valence-electron chi connectivity index (χ4n) is 2.08. The second kappa shape index (κ2) is 3.91. The Balaban J connectivity index is 2.16. The van der Waals surface area contributed by atoms with Crippen molar-refractivity contribution in [3.05, 3.63) is 47.3 Å². The third-order valence-electron chi connectivity index (χ3n) is 3.10. The van der Waals surface area contributed by atoms with Gasteiger partial charge in [0.2, 0.25) is 0 Å². The van der Waals surface area contributed by atoms with Crippen LogP contribution in [0.4, 0.5) is 15.8 Å². The van der Waals surface area contributed by atoms with Crippen LogP contribution in [0.1, 0.15) is 11.1 Å². The number of benzene rings is 2. The summed E-state index contributed by atoms with van der Waals surface area (Å²) in [6.07, 6.45) is 0. The van der Waals surface area contributed by atoms with E-state index in [1.54, 1.807) is 6.07 Å². The zero-order chi connectivity index (χ0) is 12.7. The van der Waals surface area contributed by atoms with E-state index in [1.165, 1.54) is 6.07 Å². The van der Waals surface area contributed by atoms with Crippen molar-refractivity contribution >= 4 is 11.4 Å². The fraction of sp³-hybridized carbons (Fsp3) is 0.143. The molecular weight excluding hydrogens is 233 g/mol. The van der Waals surface area contributed by atoms with Crippen LogP contribution in [-0.4, -0.2) is 5.11 Å². The summed E-state index contributed by atoms with van der Waals surface area (Å²) in [5.41, 5.74) is 2.99. The quantitative estimate of drug-likeness (QED) is 0.746. The van der Waals surface area contributed by atoms with Gasteiger partial charge in [-0.15, -0.1) is 0 Å². The third kappa shape index (κ3) is 1.57. The largest absolute Gasteiger partial charge is 0.504 e. The molecular formula is C14H12FNO2. The smallest absolute Gasteiger partial charge is 0.165 e. The molecule has 0 fully saturated rings. The lowest BCUT2D eigenvalue weighted by Gasteiger charge is -2.11. The first-order valence-corrected chi connectivity index (χ1v) is 5.66. The van der Waals surface area contributed by atoms with Crippen LogP contribution >= 0.6 is 0 Å². The van der Waals surface area contributed by atoms with Crippen molar-refractivity contribution in [2.24, 2.45) is 0 Å². The molecule has 1 heterocycles. The highest BCUT2D eigenvalue weighted by Crippen LogP contribution is 2.39. The van der Waals surface area contributed by atoms with E-state index in [0.29, 0.717) is 17.0 Å². The zero-order valence-electron chi connectivity index (χ0n) is 9.83. The SMILES string of the molecule is Cc1cccc2c1Nc1ccc(F)c(O)c1CO2. The number of phenols is 1. The van der Waals surface area contributed by atoms with Crippen LogP contribution in [0.5, 0.6) is 11.5 Å². The number of aryl methyl sites for hydroxylation is 1. The van der Waals surface area contributed by atoms with E-state index in [9.17, 15) is 9.50 Å². The minimum absolute atomic E-state index is 0.141. The van der Waals surface area contributed by atoms with Gasteiger partial charge in [0.1, 0.15) is 12.4 Å². The Morgan fingerprint density at radius 3 is 2.94 bits per heavy atom. The maximum absolute atomic E-state index is 13.3. The molecule has 0 aliphatic carbocycles. The lowest BCUT2D eigenvalue weighted by atomic mass is 10.1. The molecule has 0 saturated carbocycles. The number of anilines is 2. The lowest BCUT2D eigenvalue weighted by Crippen LogP contribution is -1.97. The third-order valence-corrected chi connectivity index (χ3v) is 3.10. The van der Waals surface area contributed by atoms with Gasteiger partial charge in [0.25, 0.3) is 0 Å². The highest BCUT2D eigenvalue weighted by molar-refractivity contribution is 5.74. The molecule has 3 rings (SSSR count). The molecule has 0 bridgehead atoms. The molecule has 1 aliphatic rings. The van der Waals surface area contributed by atoms with Crippen LogP contribution in [0.15, 0.2) is 30.3 Å².